The molecule has 0 amide bonds. The molecule has 110 valence electrons. The SMILES string of the molecule is CS(=O)(=O)c1ccc(OCc2cccc(C(=N)N)c2)cc1. The number of nitrogens with two attached hydrogens (primary N) is 1. The van der Waals surface area contributed by atoms with Crippen LogP contribution in [0.3, 0.4) is 0 Å². The maximum absolute atomic E-state index is 11.4. The van der Waals surface area contributed by atoms with Gasteiger partial charge in [0.05, 0.1) is 4.90 Å². The van der Waals surface area contributed by atoms with E-state index in [4.69, 9.17) is 15.9 Å². The van der Waals surface area contributed by atoms with Crippen molar-refractivity contribution in [1.29, 1.82) is 5.41 Å². The van der Waals surface area contributed by atoms with Crippen molar-refractivity contribution in [2.45, 2.75) is 11.5 Å². The second kappa shape index (κ2) is 5.97. The van der Waals surface area contributed by atoms with Crippen LogP contribution in [0.1, 0.15) is 11.1 Å². The Kier molecular flexibility index (Phi) is 4.28. The van der Waals surface area contributed by atoms with E-state index in [-0.39, 0.29) is 10.7 Å². The number of hydrogen-bond donors (Lipinski definition) is 2. The first-order valence-corrected chi connectivity index (χ1v) is 8.11. The molecule has 3 N–H and O–H groups in total. The van der Waals surface area contributed by atoms with Gasteiger partial charge in [-0.1, -0.05) is 18.2 Å². The van der Waals surface area contributed by atoms with Gasteiger partial charge in [-0.2, -0.15) is 0 Å². The highest BCUT2D eigenvalue weighted by Crippen LogP contribution is 2.17. The van der Waals surface area contributed by atoms with E-state index in [9.17, 15) is 8.42 Å². The number of nitrogens with one attached hydrogen (secondary N) is 1. The van der Waals surface area contributed by atoms with Crippen molar-refractivity contribution in [2.75, 3.05) is 6.26 Å². The lowest BCUT2D eigenvalue weighted by Gasteiger charge is -2.08. The van der Waals surface area contributed by atoms with Crippen LogP contribution in [0, 0.1) is 5.41 Å². The Hall–Kier alpha value is -2.34. The lowest BCUT2D eigenvalue weighted by Crippen LogP contribution is -2.11. The topological polar surface area (TPSA) is 93.2 Å². The number of hydrogen-bond acceptors (Lipinski definition) is 4. The molecular weight excluding hydrogens is 288 g/mol. The number of benzene rings is 2. The van der Waals surface area contributed by atoms with Crippen molar-refractivity contribution in [1.82, 2.24) is 0 Å². The third-order valence-electron chi connectivity index (χ3n) is 2.90. The van der Waals surface area contributed by atoms with Crippen molar-refractivity contribution in [2.24, 2.45) is 5.73 Å². The number of rotatable bonds is 5. The van der Waals surface area contributed by atoms with Crippen molar-refractivity contribution in [3.63, 3.8) is 0 Å². The van der Waals surface area contributed by atoms with Crippen molar-refractivity contribution in [3.8, 4) is 5.75 Å². The van der Waals surface area contributed by atoms with Crippen molar-refractivity contribution < 1.29 is 13.2 Å². The zero-order chi connectivity index (χ0) is 15.5. The Morgan fingerprint density at radius 3 is 2.43 bits per heavy atom. The molecule has 21 heavy (non-hydrogen) atoms. The van der Waals surface area contributed by atoms with Crippen LogP contribution in [0.2, 0.25) is 0 Å². The van der Waals surface area contributed by atoms with Gasteiger partial charge in [-0.25, -0.2) is 8.42 Å². The zero-order valence-corrected chi connectivity index (χ0v) is 12.4. The van der Waals surface area contributed by atoms with E-state index in [2.05, 4.69) is 0 Å². The van der Waals surface area contributed by atoms with E-state index in [0.29, 0.717) is 17.9 Å². The third kappa shape index (κ3) is 4.06. The molecule has 6 heteroatoms. The maximum Gasteiger partial charge on any atom is 0.175 e. The smallest absolute Gasteiger partial charge is 0.175 e. The van der Waals surface area contributed by atoms with E-state index in [1.165, 1.54) is 12.1 Å². The zero-order valence-electron chi connectivity index (χ0n) is 11.5. The molecule has 0 saturated carbocycles. The summed E-state index contributed by atoms with van der Waals surface area (Å²) in [6.07, 6.45) is 1.16. The molecule has 0 unspecified atom stereocenters. The summed E-state index contributed by atoms with van der Waals surface area (Å²) in [5.41, 5.74) is 6.96. The first kappa shape index (κ1) is 15.1. The van der Waals surface area contributed by atoms with Gasteiger partial charge in [0.2, 0.25) is 0 Å². The Balaban J connectivity index is 2.06. The van der Waals surface area contributed by atoms with Crippen LogP contribution in [0.25, 0.3) is 0 Å². The molecule has 2 rings (SSSR count). The van der Waals surface area contributed by atoms with Crippen LogP contribution in [0.5, 0.6) is 5.75 Å². The maximum atomic E-state index is 11.4. The van der Waals surface area contributed by atoms with E-state index < -0.39 is 9.84 Å². The predicted molar refractivity (Wildman–Crippen MR) is 81.3 cm³/mol. The van der Waals surface area contributed by atoms with Crippen molar-refractivity contribution in [3.05, 3.63) is 59.7 Å². The third-order valence-corrected chi connectivity index (χ3v) is 4.02. The Bertz CT molecular complexity index is 753. The summed E-state index contributed by atoms with van der Waals surface area (Å²) in [5.74, 6) is 0.588. The fourth-order valence-electron chi connectivity index (χ4n) is 1.78. The van der Waals surface area contributed by atoms with Crippen LogP contribution in [-0.2, 0) is 16.4 Å². The Morgan fingerprint density at radius 2 is 1.86 bits per heavy atom. The quantitative estimate of drug-likeness (QED) is 0.652. The van der Waals surface area contributed by atoms with Gasteiger partial charge in [0.1, 0.15) is 18.2 Å². The van der Waals surface area contributed by atoms with Gasteiger partial charge >= 0.3 is 0 Å². The van der Waals surface area contributed by atoms with Crippen LogP contribution >= 0.6 is 0 Å². The molecule has 0 bridgehead atoms. The summed E-state index contributed by atoms with van der Waals surface area (Å²) >= 11 is 0. The first-order valence-electron chi connectivity index (χ1n) is 6.22. The van der Waals surface area contributed by atoms with Crippen LogP contribution in [-0.4, -0.2) is 20.5 Å². The first-order chi connectivity index (χ1) is 9.86. The van der Waals surface area contributed by atoms with Crippen molar-refractivity contribution >= 4 is 15.7 Å². The Labute approximate surface area is 123 Å². The molecule has 0 radical (unpaired) electrons. The van der Waals surface area contributed by atoms with Gasteiger partial charge in [0.25, 0.3) is 0 Å². The lowest BCUT2D eigenvalue weighted by molar-refractivity contribution is 0.306. The Morgan fingerprint density at radius 1 is 1.19 bits per heavy atom. The molecule has 2 aromatic rings. The standard InChI is InChI=1S/C15H16N2O3S/c1-21(18,19)14-7-5-13(6-8-14)20-10-11-3-2-4-12(9-11)15(16)17/h2-9H,10H2,1H3,(H3,16,17). The average molecular weight is 304 g/mol. The van der Waals surface area contributed by atoms with Gasteiger partial charge in [-0.05, 0) is 35.9 Å². The highest BCUT2D eigenvalue weighted by Gasteiger charge is 2.06. The molecule has 0 saturated heterocycles. The summed E-state index contributed by atoms with van der Waals surface area (Å²) < 4.78 is 28.3. The molecular formula is C15H16N2O3S. The predicted octanol–water partition coefficient (Wildman–Crippen LogP) is 1.95. The molecule has 0 atom stereocenters. The normalized spacial score (nSPS) is 11.1. The van der Waals surface area contributed by atoms with Crippen LogP contribution < -0.4 is 10.5 Å². The van der Waals surface area contributed by atoms with E-state index >= 15 is 0 Å². The minimum absolute atomic E-state index is 0.00866. The molecule has 0 heterocycles. The summed E-state index contributed by atoms with van der Waals surface area (Å²) in [6.45, 7) is 0.319. The average Bonchev–Trinajstić information content (AvgIpc) is 2.45. The monoisotopic (exact) mass is 304 g/mol. The number of nitrogen functional groups attached to an aromatic ring is 1. The number of sulfone groups is 1. The molecule has 0 fully saturated rings. The highest BCUT2D eigenvalue weighted by molar-refractivity contribution is 7.90. The van der Waals surface area contributed by atoms with E-state index in [1.54, 1.807) is 24.3 Å². The minimum atomic E-state index is -3.19. The second-order valence-electron chi connectivity index (χ2n) is 4.65. The van der Waals surface area contributed by atoms with Crippen LogP contribution in [0.4, 0.5) is 0 Å². The number of ether oxygens (including phenoxy) is 1. The fourth-order valence-corrected chi connectivity index (χ4v) is 2.41. The summed E-state index contributed by atoms with van der Waals surface area (Å²) in [7, 11) is -3.19. The highest BCUT2D eigenvalue weighted by atomic mass is 32.2. The van der Waals surface area contributed by atoms with Crippen LogP contribution in [0.15, 0.2) is 53.4 Å². The van der Waals surface area contributed by atoms with Gasteiger partial charge in [0, 0.05) is 11.8 Å². The van der Waals surface area contributed by atoms with Gasteiger partial charge in [-0.3, -0.25) is 5.41 Å². The summed E-state index contributed by atoms with van der Waals surface area (Å²) in [4.78, 5) is 0.258. The molecule has 0 aromatic heterocycles. The molecule has 2 aromatic carbocycles. The van der Waals surface area contributed by atoms with E-state index in [1.807, 2.05) is 12.1 Å². The van der Waals surface area contributed by atoms with E-state index in [0.717, 1.165) is 11.8 Å². The largest absolute Gasteiger partial charge is 0.489 e. The number of amidine groups is 1. The fraction of sp³-hybridized carbons (Fsp3) is 0.133. The van der Waals surface area contributed by atoms with Gasteiger partial charge < -0.3 is 10.5 Å². The minimum Gasteiger partial charge on any atom is -0.489 e. The lowest BCUT2D eigenvalue weighted by atomic mass is 10.1. The summed E-state index contributed by atoms with van der Waals surface area (Å²) in [6, 6.07) is 13.5. The molecule has 0 spiro atoms. The molecule has 0 aliphatic heterocycles. The molecule has 0 aliphatic carbocycles. The molecule has 0 aliphatic rings. The molecule has 5 nitrogen and oxygen atoms in total. The van der Waals surface area contributed by atoms with Gasteiger partial charge in [0.15, 0.2) is 9.84 Å². The summed E-state index contributed by atoms with van der Waals surface area (Å²) in [5, 5.41) is 7.39. The van der Waals surface area contributed by atoms with Gasteiger partial charge in [-0.15, -0.1) is 0 Å². The second-order valence-corrected chi connectivity index (χ2v) is 6.66.